The third kappa shape index (κ3) is 5.82. The van der Waals surface area contributed by atoms with Crippen LogP contribution < -0.4 is 20.3 Å². The van der Waals surface area contributed by atoms with Crippen LogP contribution >= 0.6 is 11.6 Å². The van der Waals surface area contributed by atoms with E-state index < -0.39 is 5.91 Å². The first-order valence-electron chi connectivity index (χ1n) is 12.2. The summed E-state index contributed by atoms with van der Waals surface area (Å²) in [5.41, 5.74) is 2.21. The van der Waals surface area contributed by atoms with Crippen LogP contribution in [0.2, 0.25) is 5.02 Å². The number of benzene rings is 2. The highest BCUT2D eigenvalue weighted by atomic mass is 35.5. The maximum atomic E-state index is 13.9. The first kappa shape index (κ1) is 27.2. The van der Waals surface area contributed by atoms with Crippen molar-refractivity contribution in [2.24, 2.45) is 5.92 Å². The molecule has 0 spiro atoms. The van der Waals surface area contributed by atoms with Gasteiger partial charge in [-0.2, -0.15) is 0 Å². The molecule has 0 aliphatic rings. The minimum absolute atomic E-state index is 0.0240. The molecule has 0 aliphatic carbocycles. The molecule has 0 bridgehead atoms. The van der Waals surface area contributed by atoms with Crippen LogP contribution in [0.4, 0.5) is 0 Å². The molecular formula is C29H30ClN3O5. The number of ether oxygens (including phenoxy) is 2. The van der Waals surface area contributed by atoms with Gasteiger partial charge < -0.3 is 24.5 Å². The molecule has 0 saturated carbocycles. The smallest absolute Gasteiger partial charge is 0.277 e. The first-order valence-corrected chi connectivity index (χ1v) is 12.6. The van der Waals surface area contributed by atoms with Gasteiger partial charge in [-0.15, -0.1) is 0 Å². The van der Waals surface area contributed by atoms with Crippen molar-refractivity contribution in [1.82, 2.24) is 14.9 Å². The minimum atomic E-state index is -0.420. The molecule has 9 heteroatoms. The van der Waals surface area contributed by atoms with E-state index in [-0.39, 0.29) is 42.4 Å². The number of fused-ring (bicyclic) bond motifs is 1. The quantitative estimate of drug-likeness (QED) is 0.305. The predicted octanol–water partition coefficient (Wildman–Crippen LogP) is 4.68. The van der Waals surface area contributed by atoms with Crippen LogP contribution in [0, 0.1) is 5.92 Å². The van der Waals surface area contributed by atoms with E-state index in [9.17, 15) is 14.7 Å². The van der Waals surface area contributed by atoms with Crippen LogP contribution in [0.5, 0.6) is 11.5 Å². The molecule has 0 fully saturated rings. The molecule has 38 heavy (non-hydrogen) atoms. The molecule has 0 unspecified atom stereocenters. The molecule has 2 heterocycles. The van der Waals surface area contributed by atoms with Gasteiger partial charge in [0.1, 0.15) is 22.7 Å². The summed E-state index contributed by atoms with van der Waals surface area (Å²) in [7, 11) is 3.12. The van der Waals surface area contributed by atoms with Crippen LogP contribution in [-0.4, -0.2) is 41.4 Å². The minimum Gasteiger partial charge on any atom is -0.497 e. The molecule has 4 aromatic rings. The highest BCUT2D eigenvalue weighted by Crippen LogP contribution is 2.31. The Labute approximate surface area is 225 Å². The van der Waals surface area contributed by atoms with Crippen molar-refractivity contribution in [3.8, 4) is 22.6 Å². The van der Waals surface area contributed by atoms with Crippen LogP contribution in [0.25, 0.3) is 22.0 Å². The number of hydrogen-bond donors (Lipinski definition) is 2. The van der Waals surface area contributed by atoms with Gasteiger partial charge in [0.05, 0.1) is 14.2 Å². The van der Waals surface area contributed by atoms with E-state index in [2.05, 4.69) is 10.3 Å². The molecule has 0 saturated heterocycles. The summed E-state index contributed by atoms with van der Waals surface area (Å²) >= 11 is 6.15. The van der Waals surface area contributed by atoms with E-state index in [4.69, 9.17) is 21.1 Å². The lowest BCUT2D eigenvalue weighted by atomic mass is 9.97. The van der Waals surface area contributed by atoms with Crippen LogP contribution in [-0.2, 0) is 13.1 Å². The number of methoxy groups -OCH3 is 2. The van der Waals surface area contributed by atoms with Gasteiger partial charge in [0.25, 0.3) is 11.5 Å². The molecule has 2 N–H and O–H groups in total. The average molecular weight is 536 g/mol. The lowest BCUT2D eigenvalue weighted by molar-refractivity contribution is 0.0940. The Morgan fingerprint density at radius 2 is 1.79 bits per heavy atom. The predicted molar refractivity (Wildman–Crippen MR) is 148 cm³/mol. The fraction of sp³-hybridized carbons (Fsp3) is 0.276. The Kier molecular flexibility index (Phi) is 8.66. The highest BCUT2D eigenvalue weighted by Gasteiger charge is 2.24. The molecule has 0 aliphatic heterocycles. The Morgan fingerprint density at radius 3 is 2.42 bits per heavy atom. The van der Waals surface area contributed by atoms with E-state index in [0.29, 0.717) is 33.9 Å². The van der Waals surface area contributed by atoms with Gasteiger partial charge >= 0.3 is 0 Å². The number of aliphatic hydroxyl groups is 1. The Bertz CT molecular complexity index is 1480. The maximum absolute atomic E-state index is 13.9. The molecule has 0 radical (unpaired) electrons. The van der Waals surface area contributed by atoms with Crippen molar-refractivity contribution in [3.63, 3.8) is 0 Å². The highest BCUT2D eigenvalue weighted by molar-refractivity contribution is 6.30. The zero-order chi connectivity index (χ0) is 27.2. The first-order chi connectivity index (χ1) is 18.4. The number of hydrogen-bond acceptors (Lipinski definition) is 6. The number of carbonyl (C=O) groups excluding carboxylic acids is 1. The number of nitrogens with zero attached hydrogens (tertiary/aromatic N) is 2. The lowest BCUT2D eigenvalue weighted by Crippen LogP contribution is -2.34. The number of aliphatic hydroxyl groups excluding tert-OH is 1. The van der Waals surface area contributed by atoms with E-state index in [1.54, 1.807) is 50.7 Å². The van der Waals surface area contributed by atoms with Crippen molar-refractivity contribution in [2.45, 2.75) is 26.4 Å². The number of pyridine rings is 2. The van der Waals surface area contributed by atoms with Crippen LogP contribution in [0.15, 0.2) is 65.6 Å². The zero-order valence-corrected chi connectivity index (χ0v) is 22.3. The fourth-order valence-electron chi connectivity index (χ4n) is 4.30. The van der Waals surface area contributed by atoms with E-state index >= 15 is 0 Å². The van der Waals surface area contributed by atoms with Gasteiger partial charge in [-0.1, -0.05) is 36.7 Å². The third-order valence-corrected chi connectivity index (χ3v) is 6.65. The van der Waals surface area contributed by atoms with Gasteiger partial charge in [-0.25, -0.2) is 0 Å². The number of aromatic nitrogens is 2. The molecule has 2 aromatic heterocycles. The number of halogens is 1. The maximum Gasteiger partial charge on any atom is 0.277 e. The molecular weight excluding hydrogens is 506 g/mol. The van der Waals surface area contributed by atoms with Crippen molar-refractivity contribution in [1.29, 1.82) is 0 Å². The normalized spacial score (nSPS) is 11.8. The average Bonchev–Trinajstić information content (AvgIpc) is 2.95. The van der Waals surface area contributed by atoms with Crippen molar-refractivity contribution in [2.75, 3.05) is 20.8 Å². The second-order valence-electron chi connectivity index (χ2n) is 9.07. The van der Waals surface area contributed by atoms with Gasteiger partial charge in [0.2, 0.25) is 0 Å². The molecule has 1 amide bonds. The Balaban J connectivity index is 1.86. The van der Waals surface area contributed by atoms with Crippen LogP contribution in [0.3, 0.4) is 0 Å². The third-order valence-electron chi connectivity index (χ3n) is 6.40. The summed E-state index contributed by atoms with van der Waals surface area (Å²) in [5.74, 6) is 0.723. The largest absolute Gasteiger partial charge is 0.497 e. The lowest BCUT2D eigenvalue weighted by Gasteiger charge is -2.20. The second kappa shape index (κ2) is 12.1. The van der Waals surface area contributed by atoms with Gasteiger partial charge in [0, 0.05) is 47.9 Å². The van der Waals surface area contributed by atoms with E-state index in [1.807, 2.05) is 31.2 Å². The molecule has 198 valence electrons. The summed E-state index contributed by atoms with van der Waals surface area (Å²) in [5, 5.41) is 13.7. The SMILES string of the molecule is COc1cc(CNC(=O)c2c(-c3ccc(Cl)cc3)c3cccnc3c(=O)n2CC[C@@H](C)CO)cc(OC)c1. The second-order valence-corrected chi connectivity index (χ2v) is 9.50. The van der Waals surface area contributed by atoms with E-state index in [1.165, 1.54) is 4.57 Å². The van der Waals surface area contributed by atoms with Crippen molar-refractivity contribution < 1.29 is 19.4 Å². The van der Waals surface area contributed by atoms with E-state index in [0.717, 1.165) is 11.1 Å². The van der Waals surface area contributed by atoms with Gasteiger partial charge in [-0.05, 0) is 53.8 Å². The topological polar surface area (TPSA) is 103 Å². The summed E-state index contributed by atoms with van der Waals surface area (Å²) in [6.07, 6.45) is 2.06. The standard InChI is InChI=1S/C29H30ClN3O5/c1-18(17-34)10-12-33-27(28(35)32-16-19-13-22(37-2)15-23(14-19)38-3)25(20-6-8-21(30)9-7-20)24-5-4-11-31-26(24)29(33)36/h4-9,11,13-15,18,34H,10,12,16-17H2,1-3H3,(H,32,35)/t18-/m1/s1. The van der Waals surface area contributed by atoms with Crippen LogP contribution in [0.1, 0.15) is 29.4 Å². The summed E-state index contributed by atoms with van der Waals surface area (Å²) < 4.78 is 12.2. The van der Waals surface area contributed by atoms with Crippen molar-refractivity contribution in [3.05, 3.63) is 87.4 Å². The summed E-state index contributed by atoms with van der Waals surface area (Å²) in [6, 6.07) is 16.0. The Hall–Kier alpha value is -3.88. The molecule has 8 nitrogen and oxygen atoms in total. The van der Waals surface area contributed by atoms with Crippen molar-refractivity contribution >= 4 is 28.4 Å². The van der Waals surface area contributed by atoms with Gasteiger partial charge in [0.15, 0.2) is 0 Å². The number of amides is 1. The fourth-order valence-corrected chi connectivity index (χ4v) is 4.43. The molecule has 4 rings (SSSR count). The monoisotopic (exact) mass is 535 g/mol. The summed E-state index contributed by atoms with van der Waals surface area (Å²) in [4.78, 5) is 31.9. The van der Waals surface area contributed by atoms with Gasteiger partial charge in [-0.3, -0.25) is 14.6 Å². The number of rotatable bonds is 10. The number of carbonyl (C=O) groups is 1. The molecule has 2 aromatic carbocycles. The Morgan fingerprint density at radius 1 is 1.11 bits per heavy atom. The zero-order valence-electron chi connectivity index (χ0n) is 21.5. The summed E-state index contributed by atoms with van der Waals surface area (Å²) in [6.45, 7) is 2.28. The molecule has 1 atom stereocenters. The number of nitrogens with one attached hydrogen (secondary N) is 1.